The number of benzene rings is 5. The molecule has 11 heteroatoms. The van der Waals surface area contributed by atoms with Crippen molar-refractivity contribution in [3.63, 3.8) is 0 Å². The summed E-state index contributed by atoms with van der Waals surface area (Å²) in [5.41, 5.74) is 2.57. The summed E-state index contributed by atoms with van der Waals surface area (Å²) < 4.78 is 35.6. The van der Waals surface area contributed by atoms with Crippen LogP contribution in [0.3, 0.4) is 0 Å². The Morgan fingerprint density at radius 3 is 2.00 bits per heavy atom. The van der Waals surface area contributed by atoms with Crippen molar-refractivity contribution in [2.24, 2.45) is 0 Å². The van der Waals surface area contributed by atoms with Gasteiger partial charge in [-0.05, 0) is 85.6 Å². The van der Waals surface area contributed by atoms with Gasteiger partial charge in [0, 0.05) is 19.5 Å². The lowest BCUT2D eigenvalue weighted by Crippen LogP contribution is -2.53. The zero-order valence-corrected chi connectivity index (χ0v) is 30.0. The number of anilines is 1. The number of para-hydroxylation sites is 1. The second kappa shape index (κ2) is 16.7. The lowest BCUT2D eigenvalue weighted by atomic mass is 10.0. The minimum Gasteiger partial charge on any atom is -0.457 e. The molecule has 1 atom stereocenters. The van der Waals surface area contributed by atoms with E-state index < -0.39 is 28.5 Å². The summed E-state index contributed by atoms with van der Waals surface area (Å²) in [5.74, 6) is 0.135. The molecule has 0 saturated carbocycles. The molecule has 258 valence electrons. The Morgan fingerprint density at radius 2 is 1.38 bits per heavy atom. The maximum Gasteiger partial charge on any atom is 0.264 e. The van der Waals surface area contributed by atoms with Crippen molar-refractivity contribution < 1.29 is 22.7 Å². The molecule has 0 radical (unpaired) electrons. The predicted molar refractivity (Wildman–Crippen MR) is 198 cm³/mol. The van der Waals surface area contributed by atoms with Crippen molar-refractivity contribution in [3.05, 3.63) is 154 Å². The van der Waals surface area contributed by atoms with Crippen molar-refractivity contribution in [2.45, 2.75) is 37.8 Å². The number of hydrogen-bond donors (Lipinski definition) is 1. The number of nitrogens with zero attached hydrogens (tertiary/aromatic N) is 2. The highest BCUT2D eigenvalue weighted by Crippen LogP contribution is 2.30. The molecule has 8 nitrogen and oxygen atoms in total. The molecule has 0 aliphatic carbocycles. The molecule has 0 heterocycles. The number of sulfonamides is 1. The highest BCUT2D eigenvalue weighted by atomic mass is 35.5. The molecule has 5 aromatic carbocycles. The summed E-state index contributed by atoms with van der Waals surface area (Å²) in [6, 6.07) is 35.4. The number of hydrogen-bond acceptors (Lipinski definition) is 5. The minimum atomic E-state index is -4.27. The van der Waals surface area contributed by atoms with Gasteiger partial charge in [0.15, 0.2) is 0 Å². The van der Waals surface area contributed by atoms with Gasteiger partial charge in [0.1, 0.15) is 24.1 Å². The van der Waals surface area contributed by atoms with Crippen LogP contribution < -0.4 is 14.4 Å². The number of rotatable bonds is 14. The molecule has 0 aromatic heterocycles. The van der Waals surface area contributed by atoms with Crippen molar-refractivity contribution in [2.75, 3.05) is 17.4 Å². The van der Waals surface area contributed by atoms with Gasteiger partial charge in [-0.2, -0.15) is 0 Å². The molecule has 0 bridgehead atoms. The Morgan fingerprint density at radius 1 is 0.760 bits per heavy atom. The maximum atomic E-state index is 14.6. The highest BCUT2D eigenvalue weighted by molar-refractivity contribution is 7.92. The Balaban J connectivity index is 1.56. The number of carbonyl (C=O) groups excluding carboxylic acids is 2. The van der Waals surface area contributed by atoms with Gasteiger partial charge < -0.3 is 15.0 Å². The van der Waals surface area contributed by atoms with Crippen LogP contribution in [0.15, 0.2) is 132 Å². The molecule has 5 aromatic rings. The van der Waals surface area contributed by atoms with Gasteiger partial charge in [0.2, 0.25) is 11.8 Å². The largest absolute Gasteiger partial charge is 0.457 e. The minimum absolute atomic E-state index is 0.0149. The molecule has 0 aliphatic rings. The number of ether oxygens (including phenoxy) is 1. The van der Waals surface area contributed by atoms with Crippen molar-refractivity contribution in [1.29, 1.82) is 0 Å². The summed E-state index contributed by atoms with van der Waals surface area (Å²) in [6.07, 6.45) is 0.190. The fourth-order valence-corrected chi connectivity index (χ4v) is 7.09. The van der Waals surface area contributed by atoms with Crippen LogP contribution in [0, 0.1) is 6.92 Å². The van der Waals surface area contributed by atoms with Gasteiger partial charge >= 0.3 is 0 Å². The van der Waals surface area contributed by atoms with Gasteiger partial charge in [-0.3, -0.25) is 13.9 Å². The molecule has 50 heavy (non-hydrogen) atoms. The number of halogens is 2. The lowest BCUT2D eigenvalue weighted by Gasteiger charge is -2.34. The Kier molecular flexibility index (Phi) is 12.2. The van der Waals surface area contributed by atoms with Crippen LogP contribution in [-0.2, 0) is 32.6 Å². The first kappa shape index (κ1) is 36.5. The molecule has 5 rings (SSSR count). The van der Waals surface area contributed by atoms with Crippen LogP contribution >= 0.6 is 23.2 Å². The van der Waals surface area contributed by atoms with Crippen LogP contribution in [0.1, 0.15) is 23.6 Å². The quantitative estimate of drug-likeness (QED) is 0.125. The van der Waals surface area contributed by atoms with Gasteiger partial charge in [0.05, 0.1) is 20.6 Å². The van der Waals surface area contributed by atoms with E-state index in [0.29, 0.717) is 28.6 Å². The first-order valence-corrected chi connectivity index (χ1v) is 18.2. The second-order valence-electron chi connectivity index (χ2n) is 11.6. The van der Waals surface area contributed by atoms with Crippen molar-refractivity contribution in [1.82, 2.24) is 10.2 Å². The summed E-state index contributed by atoms with van der Waals surface area (Å²) in [4.78, 5) is 29.7. The third-order valence-corrected chi connectivity index (χ3v) is 10.5. The Labute approximate surface area is 303 Å². The van der Waals surface area contributed by atoms with E-state index in [9.17, 15) is 18.0 Å². The van der Waals surface area contributed by atoms with Crippen LogP contribution in [0.2, 0.25) is 10.0 Å². The monoisotopic (exact) mass is 729 g/mol. The van der Waals surface area contributed by atoms with E-state index in [1.165, 1.54) is 17.0 Å². The third-order valence-electron chi connectivity index (χ3n) is 7.95. The molecule has 0 spiro atoms. The Bertz CT molecular complexity index is 2010. The smallest absolute Gasteiger partial charge is 0.264 e. The summed E-state index contributed by atoms with van der Waals surface area (Å²) >= 11 is 12.5. The van der Waals surface area contributed by atoms with E-state index in [1.54, 1.807) is 61.5 Å². The molecule has 0 saturated heterocycles. The van der Waals surface area contributed by atoms with Gasteiger partial charge in [-0.1, -0.05) is 95.5 Å². The highest BCUT2D eigenvalue weighted by Gasteiger charge is 2.34. The van der Waals surface area contributed by atoms with E-state index in [4.69, 9.17) is 27.9 Å². The normalized spacial score (nSPS) is 11.8. The fraction of sp³-hybridized carbons (Fsp3) is 0.179. The van der Waals surface area contributed by atoms with Gasteiger partial charge in [-0.15, -0.1) is 0 Å². The Hall–Kier alpha value is -4.83. The number of aryl methyl sites for hydroxylation is 1. The van der Waals surface area contributed by atoms with E-state index in [-0.39, 0.29) is 34.5 Å². The molecule has 0 unspecified atom stereocenters. The summed E-state index contributed by atoms with van der Waals surface area (Å²) in [6.45, 7) is 3.36. The average Bonchev–Trinajstić information content (AvgIpc) is 3.11. The number of likely N-dealkylation sites (N-methyl/N-ethyl adjacent to an activating group) is 1. The van der Waals surface area contributed by atoms with Gasteiger partial charge in [-0.25, -0.2) is 8.42 Å². The number of nitrogens with one attached hydrogen (secondary N) is 1. The van der Waals surface area contributed by atoms with E-state index in [2.05, 4.69) is 5.32 Å². The third kappa shape index (κ3) is 9.24. The van der Waals surface area contributed by atoms with E-state index in [0.717, 1.165) is 15.4 Å². The molecular formula is C39H37Cl2N3O5S. The number of amides is 2. The lowest BCUT2D eigenvalue weighted by molar-refractivity contribution is -0.140. The average molecular weight is 731 g/mol. The van der Waals surface area contributed by atoms with Crippen LogP contribution in [-0.4, -0.2) is 44.3 Å². The standard InChI is InChI=1S/C39H37Cl2N3O5S/c1-3-42-39(46)37(25-29-10-6-4-7-11-29)43(26-30-16-23-35(40)36(41)24-30)38(45)27-44(50(47,48)34-21-14-28(2)15-22-34)31-17-19-33(20-18-31)49-32-12-8-5-9-13-32/h4-24,37H,3,25-27H2,1-2H3,(H,42,46)/t37-/m1/s1. The molecular weight excluding hydrogens is 693 g/mol. The maximum absolute atomic E-state index is 14.6. The second-order valence-corrected chi connectivity index (χ2v) is 14.3. The predicted octanol–water partition coefficient (Wildman–Crippen LogP) is 8.07. The zero-order chi connectivity index (χ0) is 35.7. The van der Waals surface area contributed by atoms with Crippen LogP contribution in [0.25, 0.3) is 0 Å². The first-order chi connectivity index (χ1) is 24.0. The van der Waals surface area contributed by atoms with E-state index in [1.807, 2.05) is 67.6 Å². The van der Waals surface area contributed by atoms with Crippen LogP contribution in [0.5, 0.6) is 11.5 Å². The SMILES string of the molecule is CCNC(=O)[C@@H](Cc1ccccc1)N(Cc1ccc(Cl)c(Cl)c1)C(=O)CN(c1ccc(Oc2ccccc2)cc1)S(=O)(=O)c1ccc(C)cc1. The number of carbonyl (C=O) groups is 2. The molecule has 0 fully saturated rings. The van der Waals surface area contributed by atoms with Crippen LogP contribution in [0.4, 0.5) is 5.69 Å². The van der Waals surface area contributed by atoms with Crippen molar-refractivity contribution in [3.8, 4) is 11.5 Å². The fourth-order valence-electron chi connectivity index (χ4n) is 5.35. The summed E-state index contributed by atoms with van der Waals surface area (Å²) in [7, 11) is -4.27. The topological polar surface area (TPSA) is 96.0 Å². The summed E-state index contributed by atoms with van der Waals surface area (Å²) in [5, 5.41) is 3.48. The van der Waals surface area contributed by atoms with Gasteiger partial charge in [0.25, 0.3) is 10.0 Å². The zero-order valence-electron chi connectivity index (χ0n) is 27.6. The van der Waals surface area contributed by atoms with Crippen molar-refractivity contribution >= 4 is 50.7 Å². The molecule has 1 N–H and O–H groups in total. The first-order valence-electron chi connectivity index (χ1n) is 16.0. The molecule has 0 aliphatic heterocycles. The van der Waals surface area contributed by atoms with E-state index >= 15 is 0 Å². The molecule has 2 amide bonds.